The Labute approximate surface area is 195 Å². The number of methoxy groups -OCH3 is 1. The highest BCUT2D eigenvalue weighted by Gasteiger charge is 2.32. The lowest BCUT2D eigenvalue weighted by Gasteiger charge is -2.12. The van der Waals surface area contributed by atoms with E-state index in [1.54, 1.807) is 35.3 Å². The lowest BCUT2D eigenvalue weighted by molar-refractivity contribution is -0.142. The van der Waals surface area contributed by atoms with Gasteiger partial charge in [0.25, 0.3) is 0 Å². The van der Waals surface area contributed by atoms with Crippen LogP contribution in [0.1, 0.15) is 11.3 Å². The summed E-state index contributed by atoms with van der Waals surface area (Å²) >= 11 is 0. The molecule has 2 aromatic heterocycles. The van der Waals surface area contributed by atoms with Crippen molar-refractivity contribution in [3.63, 3.8) is 0 Å². The van der Waals surface area contributed by atoms with Gasteiger partial charge in [-0.1, -0.05) is 6.07 Å². The minimum Gasteiger partial charge on any atom is -0.495 e. The van der Waals surface area contributed by atoms with Crippen LogP contribution in [0, 0.1) is 6.92 Å². The monoisotopic (exact) mass is 496 g/mol. The summed E-state index contributed by atoms with van der Waals surface area (Å²) in [5.74, 6) is -0.0558. The first-order valence-corrected chi connectivity index (χ1v) is 10.1. The predicted octanol–water partition coefficient (Wildman–Crippen LogP) is 5.77. The van der Waals surface area contributed by atoms with E-state index in [2.05, 4.69) is 20.4 Å². The molecule has 0 radical (unpaired) electrons. The number of alkyl halides is 6. The van der Waals surface area contributed by atoms with Crippen LogP contribution in [-0.4, -0.2) is 37.6 Å². The maximum Gasteiger partial charge on any atom is 0.416 e. The summed E-state index contributed by atoms with van der Waals surface area (Å²) in [5.41, 5.74) is 0.698. The number of hydrogen-bond acceptors (Lipinski definition) is 5. The number of ether oxygens (including phenoxy) is 1. The smallest absolute Gasteiger partial charge is 0.416 e. The van der Waals surface area contributed by atoms with E-state index in [1.807, 2.05) is 6.92 Å². The van der Waals surface area contributed by atoms with Gasteiger partial charge in [0.15, 0.2) is 5.82 Å². The highest BCUT2D eigenvalue weighted by Crippen LogP contribution is 2.33. The van der Waals surface area contributed by atoms with E-state index in [0.717, 1.165) is 23.9 Å². The minimum atomic E-state index is -4.64. The Hall–Kier alpha value is -4.03. The molecule has 0 unspecified atom stereocenters. The molecular weight excluding hydrogens is 478 g/mol. The molecule has 7 nitrogen and oxygen atoms in total. The molecule has 0 saturated carbocycles. The zero-order chi connectivity index (χ0) is 25.4. The Kier molecular flexibility index (Phi) is 6.17. The van der Waals surface area contributed by atoms with E-state index in [1.165, 1.54) is 13.2 Å². The largest absolute Gasteiger partial charge is 0.495 e. The molecule has 0 aliphatic heterocycles. The van der Waals surface area contributed by atoms with Crippen LogP contribution < -0.4 is 10.1 Å². The second-order valence-corrected chi connectivity index (χ2v) is 7.54. The predicted molar refractivity (Wildman–Crippen MR) is 115 cm³/mol. The van der Waals surface area contributed by atoms with E-state index < -0.39 is 24.5 Å². The lowest BCUT2D eigenvalue weighted by Crippen LogP contribution is -2.20. The number of nitrogens with one attached hydrogen (secondary N) is 1. The Balaban J connectivity index is 1.72. The maximum atomic E-state index is 13.2. The molecule has 0 bridgehead atoms. The molecule has 0 atom stereocenters. The van der Waals surface area contributed by atoms with Crippen molar-refractivity contribution in [3.8, 4) is 22.8 Å². The molecule has 13 heteroatoms. The van der Waals surface area contributed by atoms with Crippen molar-refractivity contribution in [3.05, 3.63) is 66.2 Å². The van der Waals surface area contributed by atoms with E-state index in [4.69, 9.17) is 4.74 Å². The molecule has 184 valence electrons. The van der Waals surface area contributed by atoms with Crippen LogP contribution in [0.3, 0.4) is 0 Å². The summed E-state index contributed by atoms with van der Waals surface area (Å²) in [6, 6.07) is 8.86. The fourth-order valence-corrected chi connectivity index (χ4v) is 3.32. The van der Waals surface area contributed by atoms with Crippen molar-refractivity contribution in [2.24, 2.45) is 0 Å². The van der Waals surface area contributed by atoms with Crippen LogP contribution in [0.4, 0.5) is 38.0 Å². The second kappa shape index (κ2) is 8.96. The number of anilines is 2. The average molecular weight is 496 g/mol. The maximum absolute atomic E-state index is 13.2. The Morgan fingerprint density at radius 2 is 1.80 bits per heavy atom. The van der Waals surface area contributed by atoms with Crippen molar-refractivity contribution < 1.29 is 31.1 Å². The molecule has 35 heavy (non-hydrogen) atoms. The standard InChI is InChI=1S/C22H18F6N6O/c1-13-10-33(12-29-13)17-7-6-14(8-18(17)35-2)19-31-20(34(32-19)11-21(23,24)25)30-16-5-3-4-15(9-16)22(26,27)28/h3-10,12H,11H2,1-2H3,(H,30,31,32). The molecule has 0 aliphatic rings. The third-order valence-corrected chi connectivity index (χ3v) is 4.87. The van der Waals surface area contributed by atoms with Crippen molar-refractivity contribution >= 4 is 11.6 Å². The molecule has 4 rings (SSSR count). The molecule has 0 saturated heterocycles. The van der Waals surface area contributed by atoms with Gasteiger partial charge >= 0.3 is 12.4 Å². The number of imidazole rings is 1. The number of rotatable bonds is 6. The van der Waals surface area contributed by atoms with Gasteiger partial charge in [0.2, 0.25) is 5.95 Å². The third kappa shape index (κ3) is 5.55. The zero-order valence-electron chi connectivity index (χ0n) is 18.3. The number of aromatic nitrogens is 5. The molecule has 0 fully saturated rings. The fourth-order valence-electron chi connectivity index (χ4n) is 3.32. The van der Waals surface area contributed by atoms with Gasteiger partial charge in [-0.05, 0) is 43.3 Å². The van der Waals surface area contributed by atoms with Crippen LogP contribution in [0.2, 0.25) is 0 Å². The Morgan fingerprint density at radius 1 is 1.03 bits per heavy atom. The molecule has 0 spiro atoms. The molecule has 2 aromatic carbocycles. The van der Waals surface area contributed by atoms with Crippen molar-refractivity contribution in [1.82, 2.24) is 24.3 Å². The number of hydrogen-bond donors (Lipinski definition) is 1. The highest BCUT2D eigenvalue weighted by molar-refractivity contribution is 5.65. The molecule has 1 N–H and O–H groups in total. The van der Waals surface area contributed by atoms with Crippen LogP contribution in [-0.2, 0) is 12.7 Å². The fraction of sp³-hybridized carbons (Fsp3) is 0.227. The summed E-state index contributed by atoms with van der Waals surface area (Å²) < 4.78 is 86.3. The molecule has 2 heterocycles. The first-order chi connectivity index (χ1) is 16.4. The Morgan fingerprint density at radius 3 is 2.43 bits per heavy atom. The number of benzene rings is 2. The van der Waals surface area contributed by atoms with Gasteiger partial charge in [0, 0.05) is 17.4 Å². The van der Waals surface area contributed by atoms with Gasteiger partial charge in [-0.3, -0.25) is 0 Å². The first kappa shape index (κ1) is 24.1. The van der Waals surface area contributed by atoms with Gasteiger partial charge < -0.3 is 14.6 Å². The second-order valence-electron chi connectivity index (χ2n) is 7.54. The summed E-state index contributed by atoms with van der Waals surface area (Å²) in [6.45, 7) is 0.318. The first-order valence-electron chi connectivity index (χ1n) is 10.1. The molecule has 4 aromatic rings. The van der Waals surface area contributed by atoms with Gasteiger partial charge in [-0.2, -0.15) is 31.3 Å². The summed E-state index contributed by atoms with van der Waals surface area (Å²) in [6.07, 6.45) is -5.91. The van der Waals surface area contributed by atoms with Gasteiger partial charge in [0.1, 0.15) is 12.3 Å². The number of aryl methyl sites for hydroxylation is 1. The van der Waals surface area contributed by atoms with Crippen LogP contribution in [0.25, 0.3) is 17.1 Å². The summed E-state index contributed by atoms with van der Waals surface area (Å²) in [5, 5.41) is 6.45. The van der Waals surface area contributed by atoms with Crippen molar-refractivity contribution in [2.45, 2.75) is 25.8 Å². The van der Waals surface area contributed by atoms with Gasteiger partial charge in [-0.25, -0.2) is 9.67 Å². The van der Waals surface area contributed by atoms with Crippen LogP contribution in [0.15, 0.2) is 55.0 Å². The number of nitrogens with zero attached hydrogens (tertiary/aromatic N) is 5. The van der Waals surface area contributed by atoms with E-state index in [-0.39, 0.29) is 17.5 Å². The number of halogens is 6. The summed E-state index contributed by atoms with van der Waals surface area (Å²) in [7, 11) is 1.43. The summed E-state index contributed by atoms with van der Waals surface area (Å²) in [4.78, 5) is 8.27. The van der Waals surface area contributed by atoms with E-state index in [0.29, 0.717) is 21.7 Å². The van der Waals surface area contributed by atoms with E-state index >= 15 is 0 Å². The van der Waals surface area contributed by atoms with Crippen LogP contribution in [0.5, 0.6) is 5.75 Å². The quantitative estimate of drug-likeness (QED) is 0.343. The molecule has 0 amide bonds. The van der Waals surface area contributed by atoms with Gasteiger partial charge in [-0.15, -0.1) is 5.10 Å². The molecule has 0 aliphatic carbocycles. The third-order valence-electron chi connectivity index (χ3n) is 4.87. The average Bonchev–Trinajstić information content (AvgIpc) is 3.38. The van der Waals surface area contributed by atoms with Crippen molar-refractivity contribution in [1.29, 1.82) is 0 Å². The van der Waals surface area contributed by atoms with E-state index in [9.17, 15) is 26.3 Å². The Bertz CT molecular complexity index is 1340. The highest BCUT2D eigenvalue weighted by atomic mass is 19.4. The lowest BCUT2D eigenvalue weighted by atomic mass is 10.1. The van der Waals surface area contributed by atoms with Crippen molar-refractivity contribution in [2.75, 3.05) is 12.4 Å². The topological polar surface area (TPSA) is 69.8 Å². The minimum absolute atomic E-state index is 0.0737. The molecular formula is C22H18F6N6O. The normalized spacial score (nSPS) is 12.1. The SMILES string of the molecule is COc1cc(-c2nc(Nc3cccc(C(F)(F)F)c3)n(CC(F)(F)F)n2)ccc1-n1cnc(C)c1. The van der Waals surface area contributed by atoms with Gasteiger partial charge in [0.05, 0.1) is 30.4 Å². The zero-order valence-corrected chi connectivity index (χ0v) is 18.3. The van der Waals surface area contributed by atoms with Crippen LogP contribution >= 0.6 is 0 Å².